The molecule has 4 heteroatoms. The lowest BCUT2D eigenvalue weighted by atomic mass is 10.1. The highest BCUT2D eigenvalue weighted by Crippen LogP contribution is 2.27. The molecule has 0 spiro atoms. The van der Waals surface area contributed by atoms with Crippen molar-refractivity contribution in [3.63, 3.8) is 0 Å². The van der Waals surface area contributed by atoms with Gasteiger partial charge in [-0.2, -0.15) is 0 Å². The van der Waals surface area contributed by atoms with Crippen LogP contribution in [0.25, 0.3) is 0 Å². The maximum atomic E-state index is 9.53. The molecule has 1 N–H and O–H groups in total. The van der Waals surface area contributed by atoms with Crippen LogP contribution in [-0.4, -0.2) is 10.1 Å². The lowest BCUT2D eigenvalue weighted by molar-refractivity contribution is 0.0727. The Kier molecular flexibility index (Phi) is 2.07. The number of oxazole rings is 1. The topological polar surface area (TPSA) is 46.3 Å². The van der Waals surface area contributed by atoms with Gasteiger partial charge in [-0.15, -0.1) is 0 Å². The average Bonchev–Trinajstić information content (AvgIpc) is 2.08. The summed E-state index contributed by atoms with van der Waals surface area (Å²) in [5, 5.41) is 9.53. The average molecular weight is 220 g/mol. The molecule has 1 aromatic heterocycles. The molecule has 0 aromatic carbocycles. The van der Waals surface area contributed by atoms with Crippen molar-refractivity contribution in [1.82, 2.24) is 4.98 Å². The number of hydrogen-bond acceptors (Lipinski definition) is 3. The molecule has 11 heavy (non-hydrogen) atoms. The third-order valence-corrected chi connectivity index (χ3v) is 1.81. The zero-order valence-electron chi connectivity index (χ0n) is 6.68. The summed E-state index contributed by atoms with van der Waals surface area (Å²) in [6.07, 6.45) is 0. The van der Waals surface area contributed by atoms with E-state index in [1.54, 1.807) is 20.8 Å². The zero-order valence-corrected chi connectivity index (χ0v) is 8.27. The molecule has 0 aliphatic heterocycles. The van der Waals surface area contributed by atoms with Crippen LogP contribution in [0.3, 0.4) is 0 Å². The highest BCUT2D eigenvalue weighted by molar-refractivity contribution is 9.10. The lowest BCUT2D eigenvalue weighted by Crippen LogP contribution is -2.16. The monoisotopic (exact) mass is 219 g/mol. The van der Waals surface area contributed by atoms with Crippen molar-refractivity contribution in [3.8, 4) is 0 Å². The SMILES string of the molecule is Cc1nc(C(C)(C)O)c(Br)o1. The summed E-state index contributed by atoms with van der Waals surface area (Å²) in [7, 11) is 0. The fraction of sp³-hybridized carbons (Fsp3) is 0.571. The summed E-state index contributed by atoms with van der Waals surface area (Å²) in [5.74, 6) is 0.550. The fourth-order valence-electron chi connectivity index (χ4n) is 0.780. The predicted octanol–water partition coefficient (Wildman–Crippen LogP) is 1.97. The molecule has 3 nitrogen and oxygen atoms in total. The van der Waals surface area contributed by atoms with Crippen LogP contribution in [0.15, 0.2) is 9.09 Å². The van der Waals surface area contributed by atoms with E-state index in [0.29, 0.717) is 16.3 Å². The third kappa shape index (κ3) is 1.81. The predicted molar refractivity (Wildman–Crippen MR) is 44.2 cm³/mol. The molecule has 0 fully saturated rings. The molecule has 1 aromatic rings. The van der Waals surface area contributed by atoms with Gasteiger partial charge in [0.2, 0.25) is 0 Å². The van der Waals surface area contributed by atoms with E-state index in [-0.39, 0.29) is 0 Å². The Morgan fingerprint density at radius 2 is 2.09 bits per heavy atom. The van der Waals surface area contributed by atoms with Crippen LogP contribution < -0.4 is 0 Å². The summed E-state index contributed by atoms with van der Waals surface area (Å²) >= 11 is 3.16. The van der Waals surface area contributed by atoms with Crippen molar-refractivity contribution in [1.29, 1.82) is 0 Å². The second-order valence-corrected chi connectivity index (χ2v) is 3.63. The van der Waals surface area contributed by atoms with E-state index in [4.69, 9.17) is 4.42 Å². The third-order valence-electron chi connectivity index (χ3n) is 1.27. The van der Waals surface area contributed by atoms with Gasteiger partial charge in [0.15, 0.2) is 10.6 Å². The zero-order chi connectivity index (χ0) is 8.65. The minimum atomic E-state index is -0.948. The highest BCUT2D eigenvalue weighted by Gasteiger charge is 2.24. The van der Waals surface area contributed by atoms with Crippen molar-refractivity contribution in [2.24, 2.45) is 0 Å². The Labute approximate surface area is 73.6 Å². The molecule has 0 radical (unpaired) electrons. The molecular formula is C7H10BrNO2. The highest BCUT2D eigenvalue weighted by atomic mass is 79.9. The van der Waals surface area contributed by atoms with Gasteiger partial charge in [0.25, 0.3) is 0 Å². The van der Waals surface area contributed by atoms with Crippen LogP contribution in [-0.2, 0) is 5.60 Å². The molecule has 0 aliphatic rings. The smallest absolute Gasteiger partial charge is 0.195 e. The maximum absolute atomic E-state index is 9.53. The van der Waals surface area contributed by atoms with E-state index >= 15 is 0 Å². The van der Waals surface area contributed by atoms with Crippen molar-refractivity contribution < 1.29 is 9.52 Å². The molecule has 0 aliphatic carbocycles. The Balaban J connectivity index is 3.13. The Morgan fingerprint density at radius 1 is 1.55 bits per heavy atom. The molecule has 0 atom stereocenters. The molecule has 1 rings (SSSR count). The molecule has 0 amide bonds. The summed E-state index contributed by atoms with van der Waals surface area (Å²) in [6.45, 7) is 5.06. The number of hydrogen-bond donors (Lipinski definition) is 1. The molecule has 62 valence electrons. The number of nitrogens with zero attached hydrogens (tertiary/aromatic N) is 1. The molecule has 0 saturated carbocycles. The summed E-state index contributed by atoms with van der Waals surface area (Å²) in [4.78, 5) is 4.02. The first-order valence-electron chi connectivity index (χ1n) is 3.27. The molecule has 0 saturated heterocycles. The molecule has 0 unspecified atom stereocenters. The van der Waals surface area contributed by atoms with Crippen LogP contribution in [0.1, 0.15) is 25.4 Å². The normalized spacial score (nSPS) is 12.1. The Bertz CT molecular complexity index is 262. The number of aromatic nitrogens is 1. The van der Waals surface area contributed by atoms with Crippen molar-refractivity contribution in [3.05, 3.63) is 16.3 Å². The van der Waals surface area contributed by atoms with Gasteiger partial charge in [-0.25, -0.2) is 4.98 Å². The first kappa shape index (κ1) is 8.74. The molecule has 1 heterocycles. The van der Waals surface area contributed by atoms with Crippen molar-refractivity contribution >= 4 is 15.9 Å². The van der Waals surface area contributed by atoms with E-state index in [1.807, 2.05) is 0 Å². The van der Waals surface area contributed by atoms with Gasteiger partial charge in [-0.1, -0.05) is 0 Å². The van der Waals surface area contributed by atoms with Gasteiger partial charge < -0.3 is 9.52 Å². The first-order chi connectivity index (χ1) is 4.91. The maximum Gasteiger partial charge on any atom is 0.195 e. The van der Waals surface area contributed by atoms with Crippen molar-refractivity contribution in [2.45, 2.75) is 26.4 Å². The second kappa shape index (κ2) is 2.60. The van der Waals surface area contributed by atoms with Gasteiger partial charge in [0.1, 0.15) is 11.3 Å². The Morgan fingerprint density at radius 3 is 2.27 bits per heavy atom. The summed E-state index contributed by atoms with van der Waals surface area (Å²) in [5.41, 5.74) is -0.411. The number of halogens is 1. The number of rotatable bonds is 1. The van der Waals surface area contributed by atoms with Crippen LogP contribution in [0.5, 0.6) is 0 Å². The number of aryl methyl sites for hydroxylation is 1. The van der Waals surface area contributed by atoms with Crippen LogP contribution in [0.2, 0.25) is 0 Å². The van der Waals surface area contributed by atoms with E-state index in [1.165, 1.54) is 0 Å². The molecule has 0 bridgehead atoms. The summed E-state index contributed by atoms with van der Waals surface area (Å²) in [6, 6.07) is 0. The van der Waals surface area contributed by atoms with E-state index < -0.39 is 5.60 Å². The molecular weight excluding hydrogens is 210 g/mol. The van der Waals surface area contributed by atoms with Crippen LogP contribution in [0.4, 0.5) is 0 Å². The van der Waals surface area contributed by atoms with E-state index in [0.717, 1.165) is 0 Å². The quantitative estimate of drug-likeness (QED) is 0.786. The van der Waals surface area contributed by atoms with Gasteiger partial charge >= 0.3 is 0 Å². The first-order valence-corrected chi connectivity index (χ1v) is 4.06. The summed E-state index contributed by atoms with van der Waals surface area (Å²) < 4.78 is 5.59. The van der Waals surface area contributed by atoms with Crippen molar-refractivity contribution in [2.75, 3.05) is 0 Å². The second-order valence-electron chi connectivity index (χ2n) is 2.91. The Hall–Kier alpha value is -0.350. The minimum Gasteiger partial charge on any atom is -0.434 e. The largest absolute Gasteiger partial charge is 0.434 e. The standard InChI is InChI=1S/C7H10BrNO2/c1-4-9-5(6(8)11-4)7(2,3)10/h10H,1-3H3. The van der Waals surface area contributed by atoms with Crippen LogP contribution in [0, 0.1) is 6.92 Å². The lowest BCUT2D eigenvalue weighted by Gasteiger charge is -2.12. The van der Waals surface area contributed by atoms with E-state index in [2.05, 4.69) is 20.9 Å². The number of aliphatic hydroxyl groups is 1. The van der Waals surface area contributed by atoms with Crippen LogP contribution >= 0.6 is 15.9 Å². The van der Waals surface area contributed by atoms with Gasteiger partial charge in [-0.3, -0.25) is 0 Å². The minimum absolute atomic E-state index is 0.502. The van der Waals surface area contributed by atoms with Gasteiger partial charge in [-0.05, 0) is 29.8 Å². The van der Waals surface area contributed by atoms with Gasteiger partial charge in [0, 0.05) is 6.92 Å². The van der Waals surface area contributed by atoms with Gasteiger partial charge in [0.05, 0.1) is 0 Å². The van der Waals surface area contributed by atoms with E-state index in [9.17, 15) is 5.11 Å². The fourth-order valence-corrected chi connectivity index (χ4v) is 1.59.